The van der Waals surface area contributed by atoms with Crippen molar-refractivity contribution in [1.82, 2.24) is 4.98 Å². The average Bonchev–Trinajstić information content (AvgIpc) is 2.44. The predicted molar refractivity (Wildman–Crippen MR) is 80.8 cm³/mol. The van der Waals surface area contributed by atoms with Gasteiger partial charge in [0.2, 0.25) is 0 Å². The second-order valence-electron chi connectivity index (χ2n) is 4.45. The van der Waals surface area contributed by atoms with Gasteiger partial charge in [0.05, 0.1) is 16.5 Å². The number of sulfone groups is 1. The van der Waals surface area contributed by atoms with Gasteiger partial charge in [0.1, 0.15) is 11.0 Å². The number of benzene rings is 1. The van der Waals surface area contributed by atoms with Gasteiger partial charge in [-0.05, 0) is 29.8 Å². The Bertz CT molecular complexity index is 796. The van der Waals surface area contributed by atoms with E-state index in [9.17, 15) is 8.42 Å². The maximum Gasteiger partial charge on any atom is 0.175 e. The van der Waals surface area contributed by atoms with Crippen LogP contribution in [0.5, 0.6) is 0 Å². The molecule has 0 amide bonds. The van der Waals surface area contributed by atoms with Crippen molar-refractivity contribution in [2.75, 3.05) is 11.6 Å². The first-order chi connectivity index (χ1) is 9.88. The molecule has 1 aromatic heterocycles. The number of nitrogens with zero attached hydrogens (tertiary/aromatic N) is 2. The van der Waals surface area contributed by atoms with Crippen molar-refractivity contribution in [3.05, 3.63) is 52.7 Å². The minimum atomic E-state index is -3.19. The fourth-order valence-electron chi connectivity index (χ4n) is 1.70. The lowest BCUT2D eigenvalue weighted by molar-refractivity contribution is 0.602. The van der Waals surface area contributed by atoms with Gasteiger partial charge >= 0.3 is 0 Å². The first-order valence-electron chi connectivity index (χ1n) is 5.99. The summed E-state index contributed by atoms with van der Waals surface area (Å²) >= 11 is 5.81. The number of nitriles is 1. The quantitative estimate of drug-likeness (QED) is 0.875. The van der Waals surface area contributed by atoms with Crippen molar-refractivity contribution in [1.29, 1.82) is 5.26 Å². The minimum Gasteiger partial charge on any atom is -0.366 e. The fourth-order valence-corrected chi connectivity index (χ4v) is 2.54. The molecule has 0 fully saturated rings. The van der Waals surface area contributed by atoms with Crippen LogP contribution in [0.25, 0.3) is 0 Å². The first-order valence-corrected chi connectivity index (χ1v) is 8.26. The molecule has 1 N–H and O–H groups in total. The number of hydrogen-bond donors (Lipinski definition) is 1. The van der Waals surface area contributed by atoms with Gasteiger partial charge in [0.25, 0.3) is 0 Å². The maximum absolute atomic E-state index is 11.4. The van der Waals surface area contributed by atoms with Gasteiger partial charge < -0.3 is 5.32 Å². The Morgan fingerprint density at radius 1 is 1.29 bits per heavy atom. The summed E-state index contributed by atoms with van der Waals surface area (Å²) in [4.78, 5) is 4.34. The van der Waals surface area contributed by atoms with Crippen LogP contribution in [0.1, 0.15) is 11.1 Å². The molecule has 108 valence electrons. The van der Waals surface area contributed by atoms with Gasteiger partial charge in [-0.3, -0.25) is 0 Å². The summed E-state index contributed by atoms with van der Waals surface area (Å²) in [6, 6.07) is 11.6. The lowest BCUT2D eigenvalue weighted by Gasteiger charge is -2.07. The third-order valence-corrected chi connectivity index (χ3v) is 4.07. The van der Waals surface area contributed by atoms with Gasteiger partial charge in [-0.1, -0.05) is 23.7 Å². The topological polar surface area (TPSA) is 82.9 Å². The number of hydrogen-bond acceptors (Lipinski definition) is 5. The molecule has 0 aliphatic carbocycles. The number of pyridine rings is 1. The highest BCUT2D eigenvalue weighted by Gasteiger charge is 2.06. The Morgan fingerprint density at radius 2 is 1.95 bits per heavy atom. The zero-order valence-electron chi connectivity index (χ0n) is 11.2. The summed E-state index contributed by atoms with van der Waals surface area (Å²) in [7, 11) is -3.19. The predicted octanol–water partition coefficient (Wildman–Crippen LogP) is 2.62. The molecule has 21 heavy (non-hydrogen) atoms. The smallest absolute Gasteiger partial charge is 0.175 e. The van der Waals surface area contributed by atoms with Gasteiger partial charge in [-0.15, -0.1) is 0 Å². The van der Waals surface area contributed by atoms with E-state index in [-0.39, 0.29) is 10.0 Å². The molecule has 1 heterocycles. The van der Waals surface area contributed by atoms with E-state index in [1.165, 1.54) is 12.3 Å². The third kappa shape index (κ3) is 4.18. The Kier molecular flexibility index (Phi) is 4.46. The van der Waals surface area contributed by atoms with E-state index in [4.69, 9.17) is 16.9 Å². The molecule has 1 aromatic carbocycles. The summed E-state index contributed by atoms with van der Waals surface area (Å²) in [5, 5.41) is 12.1. The number of nitrogens with one attached hydrogen (secondary N) is 1. The number of anilines is 1. The zero-order chi connectivity index (χ0) is 15.5. The first kappa shape index (κ1) is 15.3. The Hall–Kier alpha value is -2.10. The summed E-state index contributed by atoms with van der Waals surface area (Å²) in [5.41, 5.74) is 1.31. The summed E-state index contributed by atoms with van der Waals surface area (Å²) in [6.07, 6.45) is 1.17. The SMILES string of the molecule is CS(=O)(=O)c1ccc(CNc2cc(C#N)cc(Cl)n2)cc1. The molecule has 0 bridgehead atoms. The second-order valence-corrected chi connectivity index (χ2v) is 6.85. The van der Waals surface area contributed by atoms with Crippen LogP contribution < -0.4 is 5.32 Å². The van der Waals surface area contributed by atoms with Gasteiger partial charge in [-0.25, -0.2) is 13.4 Å². The van der Waals surface area contributed by atoms with E-state index in [2.05, 4.69) is 10.3 Å². The van der Waals surface area contributed by atoms with Crippen molar-refractivity contribution in [2.24, 2.45) is 0 Å². The molecule has 0 radical (unpaired) electrons. The summed E-state index contributed by atoms with van der Waals surface area (Å²) in [6.45, 7) is 0.447. The Balaban J connectivity index is 2.10. The lowest BCUT2D eigenvalue weighted by Crippen LogP contribution is -2.03. The summed E-state index contributed by atoms with van der Waals surface area (Å²) < 4.78 is 22.7. The molecular formula is C14H12ClN3O2S. The highest BCUT2D eigenvalue weighted by molar-refractivity contribution is 7.90. The van der Waals surface area contributed by atoms with Crippen molar-refractivity contribution in [3.8, 4) is 6.07 Å². The molecule has 0 atom stereocenters. The molecular weight excluding hydrogens is 310 g/mol. The van der Waals surface area contributed by atoms with E-state index in [0.717, 1.165) is 5.56 Å². The fraction of sp³-hybridized carbons (Fsp3) is 0.143. The molecule has 2 rings (SSSR count). The molecule has 0 unspecified atom stereocenters. The van der Waals surface area contributed by atoms with Crippen LogP contribution >= 0.6 is 11.6 Å². The van der Waals surface area contributed by atoms with Gasteiger partial charge in [0, 0.05) is 12.8 Å². The van der Waals surface area contributed by atoms with Gasteiger partial charge in [-0.2, -0.15) is 5.26 Å². The molecule has 2 aromatic rings. The van der Waals surface area contributed by atoms with Crippen LogP contribution in [0.2, 0.25) is 5.15 Å². The van der Waals surface area contributed by atoms with Crippen molar-refractivity contribution < 1.29 is 8.42 Å². The van der Waals surface area contributed by atoms with Crippen LogP contribution in [-0.2, 0) is 16.4 Å². The Morgan fingerprint density at radius 3 is 2.52 bits per heavy atom. The molecule has 0 spiro atoms. The largest absolute Gasteiger partial charge is 0.366 e. The number of halogens is 1. The van der Waals surface area contributed by atoms with Crippen LogP contribution in [-0.4, -0.2) is 19.7 Å². The Labute approximate surface area is 128 Å². The van der Waals surface area contributed by atoms with E-state index < -0.39 is 9.84 Å². The molecule has 0 aliphatic heterocycles. The van der Waals surface area contributed by atoms with E-state index in [1.807, 2.05) is 6.07 Å². The number of aromatic nitrogens is 1. The standard InChI is InChI=1S/C14H12ClN3O2S/c1-21(19,20)12-4-2-10(3-5-12)9-17-14-7-11(8-16)6-13(15)18-14/h2-7H,9H2,1H3,(H,17,18). The summed E-state index contributed by atoms with van der Waals surface area (Å²) in [5.74, 6) is 0.492. The lowest BCUT2D eigenvalue weighted by atomic mass is 10.2. The van der Waals surface area contributed by atoms with Crippen molar-refractivity contribution >= 4 is 27.3 Å². The molecule has 0 saturated heterocycles. The molecule has 7 heteroatoms. The molecule has 0 saturated carbocycles. The van der Waals surface area contributed by atoms with Crippen molar-refractivity contribution in [2.45, 2.75) is 11.4 Å². The van der Waals surface area contributed by atoms with Crippen molar-refractivity contribution in [3.63, 3.8) is 0 Å². The van der Waals surface area contributed by atoms with E-state index in [1.54, 1.807) is 30.3 Å². The van der Waals surface area contributed by atoms with Crippen LogP contribution in [0.15, 0.2) is 41.3 Å². The third-order valence-electron chi connectivity index (χ3n) is 2.75. The number of rotatable bonds is 4. The van der Waals surface area contributed by atoms with Crippen LogP contribution in [0.3, 0.4) is 0 Å². The van der Waals surface area contributed by atoms with E-state index in [0.29, 0.717) is 17.9 Å². The highest BCUT2D eigenvalue weighted by Crippen LogP contribution is 2.15. The normalized spacial score (nSPS) is 10.9. The second kappa shape index (κ2) is 6.12. The van der Waals surface area contributed by atoms with Crippen LogP contribution in [0, 0.1) is 11.3 Å². The average molecular weight is 322 g/mol. The van der Waals surface area contributed by atoms with E-state index >= 15 is 0 Å². The zero-order valence-corrected chi connectivity index (χ0v) is 12.7. The monoisotopic (exact) mass is 321 g/mol. The molecule has 5 nitrogen and oxygen atoms in total. The highest BCUT2D eigenvalue weighted by atomic mass is 35.5. The van der Waals surface area contributed by atoms with Gasteiger partial charge in [0.15, 0.2) is 9.84 Å². The minimum absolute atomic E-state index is 0.240. The maximum atomic E-state index is 11.4. The molecule has 0 aliphatic rings. The van der Waals surface area contributed by atoms with Crippen LogP contribution in [0.4, 0.5) is 5.82 Å².